The van der Waals surface area contributed by atoms with Crippen LogP contribution in [0.5, 0.6) is 0 Å². The van der Waals surface area contributed by atoms with Crippen LogP contribution in [0.3, 0.4) is 0 Å². The van der Waals surface area contributed by atoms with Gasteiger partial charge in [-0.15, -0.1) is 0 Å². The van der Waals surface area contributed by atoms with Gasteiger partial charge in [0.25, 0.3) is 0 Å². The van der Waals surface area contributed by atoms with Crippen molar-refractivity contribution in [1.29, 1.82) is 0 Å². The molecule has 1 saturated carbocycles. The van der Waals surface area contributed by atoms with Crippen LogP contribution in [0.4, 0.5) is 0 Å². The highest BCUT2D eigenvalue weighted by Crippen LogP contribution is 2.47. The van der Waals surface area contributed by atoms with E-state index in [0.717, 1.165) is 57.8 Å². The van der Waals surface area contributed by atoms with Crippen LogP contribution in [0, 0.1) is 0 Å². The molecule has 0 heterocycles. The molecule has 0 aromatic carbocycles. The first-order valence-corrected chi connectivity index (χ1v) is 23.2. The molecule has 55 heavy (non-hydrogen) atoms. The van der Waals surface area contributed by atoms with Gasteiger partial charge in [-0.05, 0) is 44.9 Å². The van der Waals surface area contributed by atoms with Crippen LogP contribution < -0.4 is 0 Å². The van der Waals surface area contributed by atoms with Gasteiger partial charge in [0.15, 0.2) is 0 Å². The average Bonchev–Trinajstić information content (AvgIpc) is 3.17. The minimum absolute atomic E-state index is 0.0778. The van der Waals surface area contributed by atoms with E-state index in [9.17, 15) is 39.8 Å². The van der Waals surface area contributed by atoms with E-state index in [0.29, 0.717) is 13.0 Å². The lowest BCUT2D eigenvalue weighted by Crippen LogP contribution is -2.64. The van der Waals surface area contributed by atoms with E-state index in [1.54, 1.807) is 0 Å². The number of hydrogen-bond acceptors (Lipinski definition) is 11. The predicted molar refractivity (Wildman–Crippen MR) is 216 cm³/mol. The third-order valence-corrected chi connectivity index (χ3v) is 11.1. The average molecular weight is 807 g/mol. The van der Waals surface area contributed by atoms with Crippen molar-refractivity contribution in [2.75, 3.05) is 19.8 Å². The van der Waals surface area contributed by atoms with Crippen molar-refractivity contribution in [2.45, 2.75) is 217 Å². The molecule has 6 atom stereocenters. The highest BCUT2D eigenvalue weighted by molar-refractivity contribution is 7.47. The van der Waals surface area contributed by atoms with E-state index >= 15 is 0 Å². The molecule has 0 aromatic heterocycles. The number of phosphoric ester groups is 1. The SMILES string of the molecule is CCCCCC/C=C\C/C=C\CCCCCCCCCCOCC(COP(=O)(O)OC1C(O)C(O)C(O)C(O)C1O)OC(=O)CCCCCCCCCCC. The normalized spacial score (nSPS) is 23.4. The number of ether oxygens (including phenoxy) is 2. The van der Waals surface area contributed by atoms with Crippen molar-refractivity contribution < 1.29 is 58.3 Å². The van der Waals surface area contributed by atoms with Crippen molar-refractivity contribution in [2.24, 2.45) is 0 Å². The zero-order valence-corrected chi connectivity index (χ0v) is 35.1. The Balaban J connectivity index is 2.37. The highest BCUT2D eigenvalue weighted by atomic mass is 31.2. The molecule has 6 unspecified atom stereocenters. The van der Waals surface area contributed by atoms with Gasteiger partial charge < -0.3 is 39.9 Å². The van der Waals surface area contributed by atoms with Gasteiger partial charge >= 0.3 is 13.8 Å². The number of aliphatic hydroxyl groups is 5. The minimum Gasteiger partial charge on any atom is -0.457 e. The smallest absolute Gasteiger partial charge is 0.457 e. The Morgan fingerprint density at radius 1 is 0.582 bits per heavy atom. The van der Waals surface area contributed by atoms with Crippen LogP contribution >= 0.6 is 7.82 Å². The van der Waals surface area contributed by atoms with Gasteiger partial charge in [0.1, 0.15) is 42.7 Å². The Morgan fingerprint density at radius 3 is 1.55 bits per heavy atom. The third kappa shape index (κ3) is 26.4. The number of carbonyl (C=O) groups excluding carboxylic acids is 1. The Bertz CT molecular complexity index is 1010. The molecule has 0 amide bonds. The molecule has 0 aliphatic heterocycles. The Labute approximate surface area is 332 Å². The second kappa shape index (κ2) is 33.8. The zero-order valence-electron chi connectivity index (χ0n) is 34.2. The molecule has 1 aliphatic carbocycles. The number of phosphoric acid groups is 1. The number of carbonyl (C=O) groups is 1. The maximum atomic E-state index is 12.8. The number of esters is 1. The third-order valence-electron chi connectivity index (χ3n) is 10.1. The Hall–Kier alpha value is -1.18. The summed E-state index contributed by atoms with van der Waals surface area (Å²) in [5.74, 6) is -0.483. The number of rotatable bonds is 36. The number of allylic oxidation sites excluding steroid dienone is 4. The first kappa shape index (κ1) is 51.8. The predicted octanol–water partition coefficient (Wildman–Crippen LogP) is 8.14. The van der Waals surface area contributed by atoms with Crippen LogP contribution in [-0.2, 0) is 27.9 Å². The second-order valence-electron chi connectivity index (χ2n) is 15.2. The quantitative estimate of drug-likeness (QED) is 0.0154. The molecule has 0 spiro atoms. The maximum Gasteiger partial charge on any atom is 0.472 e. The van der Waals surface area contributed by atoms with E-state index in [4.69, 9.17) is 18.5 Å². The fourth-order valence-corrected chi connectivity index (χ4v) is 7.53. The summed E-state index contributed by atoms with van der Waals surface area (Å²) in [5.41, 5.74) is 0. The summed E-state index contributed by atoms with van der Waals surface area (Å²) in [4.78, 5) is 23.0. The first-order chi connectivity index (χ1) is 26.5. The lowest BCUT2D eigenvalue weighted by molar-refractivity contribution is -0.220. The summed E-state index contributed by atoms with van der Waals surface area (Å²) >= 11 is 0. The van der Waals surface area contributed by atoms with Gasteiger partial charge in [-0.2, -0.15) is 0 Å². The topological polar surface area (TPSA) is 192 Å². The van der Waals surface area contributed by atoms with Crippen LogP contribution in [-0.4, -0.2) is 98.9 Å². The van der Waals surface area contributed by atoms with Crippen molar-refractivity contribution in [1.82, 2.24) is 0 Å². The fourth-order valence-electron chi connectivity index (χ4n) is 6.56. The van der Waals surface area contributed by atoms with Crippen molar-refractivity contribution in [3.8, 4) is 0 Å². The van der Waals surface area contributed by atoms with Gasteiger partial charge in [0.05, 0.1) is 13.2 Å². The molecular formula is C42H79O12P. The monoisotopic (exact) mass is 807 g/mol. The van der Waals surface area contributed by atoms with E-state index in [-0.39, 0.29) is 13.0 Å². The molecule has 13 heteroatoms. The van der Waals surface area contributed by atoms with Crippen molar-refractivity contribution in [3.63, 3.8) is 0 Å². The first-order valence-electron chi connectivity index (χ1n) is 21.7. The largest absolute Gasteiger partial charge is 0.472 e. The summed E-state index contributed by atoms with van der Waals surface area (Å²) in [6.07, 6.45) is 24.1. The lowest BCUT2D eigenvalue weighted by atomic mass is 9.85. The van der Waals surface area contributed by atoms with Crippen molar-refractivity contribution >= 4 is 13.8 Å². The Morgan fingerprint density at radius 2 is 1.02 bits per heavy atom. The highest BCUT2D eigenvalue weighted by Gasteiger charge is 2.51. The van der Waals surface area contributed by atoms with E-state index in [2.05, 4.69) is 38.2 Å². The molecule has 1 fully saturated rings. The molecule has 12 nitrogen and oxygen atoms in total. The number of aliphatic hydroxyl groups excluding tert-OH is 5. The second-order valence-corrected chi connectivity index (χ2v) is 16.6. The van der Waals surface area contributed by atoms with Gasteiger partial charge in [-0.3, -0.25) is 13.8 Å². The molecule has 0 saturated heterocycles. The van der Waals surface area contributed by atoms with Crippen LogP contribution in [0.15, 0.2) is 24.3 Å². The molecule has 6 N–H and O–H groups in total. The van der Waals surface area contributed by atoms with Crippen LogP contribution in [0.2, 0.25) is 0 Å². The van der Waals surface area contributed by atoms with Crippen LogP contribution in [0.25, 0.3) is 0 Å². The Kier molecular flexibility index (Phi) is 31.8. The molecule has 0 bridgehead atoms. The van der Waals surface area contributed by atoms with E-state index < -0.39 is 63.1 Å². The summed E-state index contributed by atoms with van der Waals surface area (Å²) in [6.45, 7) is 4.20. The van der Waals surface area contributed by atoms with Crippen LogP contribution in [0.1, 0.15) is 174 Å². The minimum atomic E-state index is -5.01. The van der Waals surface area contributed by atoms with Crippen molar-refractivity contribution in [3.05, 3.63) is 24.3 Å². The zero-order chi connectivity index (χ0) is 40.6. The van der Waals surface area contributed by atoms with E-state index in [1.165, 1.54) is 89.9 Å². The van der Waals surface area contributed by atoms with Gasteiger partial charge in [-0.1, -0.05) is 147 Å². The van der Waals surface area contributed by atoms with E-state index in [1.807, 2.05) is 0 Å². The molecule has 0 radical (unpaired) electrons. The molecule has 324 valence electrons. The summed E-state index contributed by atoms with van der Waals surface area (Å²) in [5, 5.41) is 50.0. The summed E-state index contributed by atoms with van der Waals surface area (Å²) in [6, 6.07) is 0. The molecular weight excluding hydrogens is 727 g/mol. The molecule has 1 aliphatic rings. The number of hydrogen-bond donors (Lipinski definition) is 6. The molecule has 1 rings (SSSR count). The lowest BCUT2D eigenvalue weighted by Gasteiger charge is -2.41. The summed E-state index contributed by atoms with van der Waals surface area (Å²) in [7, 11) is -5.01. The standard InChI is InChI=1S/C42H79O12P/c1-3-5-7-9-11-13-14-15-16-17-18-19-20-21-22-24-26-28-30-32-51-33-35(53-36(43)31-29-27-25-23-12-10-8-6-4-2)34-52-55(49,50)54-42-40(47)38(45)37(44)39(46)41(42)48/h13-14,16-17,35,37-42,44-48H,3-12,15,18-34H2,1-2H3,(H,49,50)/b14-13-,17-16-. The maximum absolute atomic E-state index is 12.8. The van der Waals surface area contributed by atoms with Gasteiger partial charge in [-0.25, -0.2) is 4.57 Å². The van der Waals surface area contributed by atoms with Gasteiger partial charge in [0, 0.05) is 13.0 Å². The van der Waals surface area contributed by atoms with Gasteiger partial charge in [0.2, 0.25) is 0 Å². The molecule has 0 aromatic rings. The summed E-state index contributed by atoms with van der Waals surface area (Å²) < 4.78 is 34.0. The fraction of sp³-hybridized carbons (Fsp3) is 0.881. The number of unbranched alkanes of at least 4 members (excludes halogenated alkanes) is 20.